The number of rotatable bonds is 8. The van der Waals surface area contributed by atoms with Crippen LogP contribution in [0.1, 0.15) is 28.4 Å². The Kier molecular flexibility index (Phi) is 7.63. The topological polar surface area (TPSA) is 85.9 Å². The summed E-state index contributed by atoms with van der Waals surface area (Å²) in [6.07, 6.45) is 0. The zero-order valence-corrected chi connectivity index (χ0v) is 15.7. The third-order valence-corrected chi connectivity index (χ3v) is 3.77. The Morgan fingerprint density at radius 1 is 1.04 bits per heavy atom. The van der Waals surface area contributed by atoms with Gasteiger partial charge < -0.3 is 14.2 Å². The van der Waals surface area contributed by atoms with Gasteiger partial charge in [0.15, 0.2) is 6.61 Å². The standard InChI is InChI=1S/C20H24N2O5/c1-4-26-12-16-11-15(9-10-18(16)25-3)20(24)22-21-19(23)13-27-17-8-6-5-7-14(17)2/h5-11H,4,12-13H2,1-3H3,(H,21,23)(H,22,24). The summed E-state index contributed by atoms with van der Waals surface area (Å²) in [5.74, 6) is 0.347. The highest BCUT2D eigenvalue weighted by atomic mass is 16.5. The highest BCUT2D eigenvalue weighted by Gasteiger charge is 2.12. The summed E-state index contributed by atoms with van der Waals surface area (Å²) in [6, 6.07) is 12.3. The maximum Gasteiger partial charge on any atom is 0.276 e. The number of hydrogen-bond donors (Lipinski definition) is 2. The highest BCUT2D eigenvalue weighted by molar-refractivity contribution is 5.95. The molecular weight excluding hydrogens is 348 g/mol. The lowest BCUT2D eigenvalue weighted by Crippen LogP contribution is -2.43. The molecule has 0 saturated carbocycles. The minimum absolute atomic E-state index is 0.205. The maximum atomic E-state index is 12.3. The van der Waals surface area contributed by atoms with Crippen LogP contribution in [-0.2, 0) is 16.1 Å². The lowest BCUT2D eigenvalue weighted by atomic mass is 10.1. The number of methoxy groups -OCH3 is 1. The molecule has 0 aromatic heterocycles. The molecule has 2 aromatic carbocycles. The molecule has 7 nitrogen and oxygen atoms in total. The fourth-order valence-corrected chi connectivity index (χ4v) is 2.34. The van der Waals surface area contributed by atoms with Crippen molar-refractivity contribution in [2.24, 2.45) is 0 Å². The Bertz CT molecular complexity index is 792. The molecule has 0 aliphatic carbocycles. The number of aryl methyl sites for hydroxylation is 1. The third-order valence-electron chi connectivity index (χ3n) is 3.77. The molecule has 0 atom stereocenters. The average Bonchev–Trinajstić information content (AvgIpc) is 2.69. The van der Waals surface area contributed by atoms with Crippen LogP contribution in [0.5, 0.6) is 11.5 Å². The predicted octanol–water partition coefficient (Wildman–Crippen LogP) is 2.38. The number of hydrogen-bond acceptors (Lipinski definition) is 5. The van der Waals surface area contributed by atoms with Gasteiger partial charge in [0.25, 0.3) is 11.8 Å². The Labute approximate surface area is 158 Å². The number of amides is 2. The van der Waals surface area contributed by atoms with Gasteiger partial charge in [0.2, 0.25) is 0 Å². The van der Waals surface area contributed by atoms with Gasteiger partial charge in [-0.05, 0) is 43.7 Å². The summed E-state index contributed by atoms with van der Waals surface area (Å²) in [6.45, 7) is 4.45. The van der Waals surface area contributed by atoms with Crippen molar-refractivity contribution in [1.29, 1.82) is 0 Å². The van der Waals surface area contributed by atoms with Crippen LogP contribution >= 0.6 is 0 Å². The van der Waals surface area contributed by atoms with Gasteiger partial charge in [-0.3, -0.25) is 20.4 Å². The van der Waals surface area contributed by atoms with Crippen molar-refractivity contribution in [3.8, 4) is 11.5 Å². The summed E-state index contributed by atoms with van der Waals surface area (Å²) in [5.41, 5.74) is 6.76. The molecule has 0 heterocycles. The molecule has 2 amide bonds. The minimum atomic E-state index is -0.463. The van der Waals surface area contributed by atoms with Crippen LogP contribution in [0.15, 0.2) is 42.5 Å². The molecule has 0 spiro atoms. The smallest absolute Gasteiger partial charge is 0.276 e. The summed E-state index contributed by atoms with van der Waals surface area (Å²) < 4.78 is 16.1. The van der Waals surface area contributed by atoms with E-state index in [1.165, 1.54) is 0 Å². The third kappa shape index (κ3) is 6.00. The van der Waals surface area contributed by atoms with E-state index >= 15 is 0 Å². The van der Waals surface area contributed by atoms with Gasteiger partial charge in [-0.15, -0.1) is 0 Å². The average molecular weight is 372 g/mol. The molecular formula is C20H24N2O5. The van der Waals surface area contributed by atoms with Gasteiger partial charge in [0, 0.05) is 17.7 Å². The number of carbonyl (C=O) groups is 2. The Hall–Kier alpha value is -3.06. The van der Waals surface area contributed by atoms with Crippen molar-refractivity contribution in [3.05, 3.63) is 59.2 Å². The van der Waals surface area contributed by atoms with E-state index in [-0.39, 0.29) is 6.61 Å². The lowest BCUT2D eigenvalue weighted by Gasteiger charge is -2.12. The molecule has 0 bridgehead atoms. The first-order chi connectivity index (χ1) is 13.0. The number of nitrogens with one attached hydrogen (secondary N) is 2. The first-order valence-corrected chi connectivity index (χ1v) is 8.57. The second-order valence-corrected chi connectivity index (χ2v) is 5.72. The zero-order chi connectivity index (χ0) is 19.6. The summed E-state index contributed by atoms with van der Waals surface area (Å²) in [4.78, 5) is 24.1. The normalized spacial score (nSPS) is 10.2. The molecule has 0 aliphatic rings. The molecule has 2 N–H and O–H groups in total. The summed E-state index contributed by atoms with van der Waals surface area (Å²) >= 11 is 0. The van der Waals surface area contributed by atoms with Crippen LogP contribution in [0.3, 0.4) is 0 Å². The summed E-state index contributed by atoms with van der Waals surface area (Å²) in [5, 5.41) is 0. The number of hydrazine groups is 1. The second-order valence-electron chi connectivity index (χ2n) is 5.72. The van der Waals surface area contributed by atoms with Crippen LogP contribution in [0.4, 0.5) is 0 Å². The Morgan fingerprint density at radius 2 is 1.81 bits per heavy atom. The largest absolute Gasteiger partial charge is 0.496 e. The van der Waals surface area contributed by atoms with Crippen LogP contribution in [0, 0.1) is 6.92 Å². The van der Waals surface area contributed by atoms with E-state index in [1.807, 2.05) is 32.0 Å². The van der Waals surface area contributed by atoms with Crippen LogP contribution in [-0.4, -0.2) is 32.1 Å². The van der Waals surface area contributed by atoms with Crippen LogP contribution in [0.25, 0.3) is 0 Å². The van der Waals surface area contributed by atoms with Gasteiger partial charge in [-0.2, -0.15) is 0 Å². The Morgan fingerprint density at radius 3 is 2.52 bits per heavy atom. The van der Waals surface area contributed by atoms with Crippen molar-refractivity contribution in [2.45, 2.75) is 20.5 Å². The Balaban J connectivity index is 1.89. The zero-order valence-electron chi connectivity index (χ0n) is 15.7. The molecule has 144 valence electrons. The van der Waals surface area contributed by atoms with Crippen LogP contribution < -0.4 is 20.3 Å². The van der Waals surface area contributed by atoms with Crippen LogP contribution in [0.2, 0.25) is 0 Å². The van der Waals surface area contributed by atoms with E-state index in [4.69, 9.17) is 14.2 Å². The van der Waals surface area contributed by atoms with Gasteiger partial charge >= 0.3 is 0 Å². The first kappa shape index (κ1) is 20.3. The van der Waals surface area contributed by atoms with E-state index in [0.29, 0.717) is 30.3 Å². The fourth-order valence-electron chi connectivity index (χ4n) is 2.34. The van der Waals surface area contributed by atoms with Crippen molar-refractivity contribution in [2.75, 3.05) is 20.3 Å². The maximum absolute atomic E-state index is 12.3. The molecule has 2 rings (SSSR count). The fraction of sp³-hybridized carbons (Fsp3) is 0.300. The van der Waals surface area contributed by atoms with Gasteiger partial charge in [0.1, 0.15) is 11.5 Å². The lowest BCUT2D eigenvalue weighted by molar-refractivity contribution is -0.123. The first-order valence-electron chi connectivity index (χ1n) is 8.57. The monoisotopic (exact) mass is 372 g/mol. The number of benzene rings is 2. The van der Waals surface area contributed by atoms with Crippen molar-refractivity contribution >= 4 is 11.8 Å². The molecule has 0 fully saturated rings. The highest BCUT2D eigenvalue weighted by Crippen LogP contribution is 2.21. The van der Waals surface area contributed by atoms with E-state index in [0.717, 1.165) is 11.1 Å². The second kappa shape index (κ2) is 10.2. The van der Waals surface area contributed by atoms with Gasteiger partial charge in [-0.1, -0.05) is 18.2 Å². The molecule has 0 saturated heterocycles. The minimum Gasteiger partial charge on any atom is -0.496 e. The van der Waals surface area contributed by atoms with Crippen molar-refractivity contribution in [3.63, 3.8) is 0 Å². The molecule has 0 radical (unpaired) electrons. The molecule has 0 aliphatic heterocycles. The molecule has 2 aromatic rings. The quantitative estimate of drug-likeness (QED) is 0.695. The van der Waals surface area contributed by atoms with E-state index < -0.39 is 11.8 Å². The van der Waals surface area contributed by atoms with Gasteiger partial charge in [-0.25, -0.2) is 0 Å². The van der Waals surface area contributed by atoms with E-state index in [9.17, 15) is 9.59 Å². The molecule has 7 heteroatoms. The summed E-state index contributed by atoms with van der Waals surface area (Å²) in [7, 11) is 1.55. The van der Waals surface area contributed by atoms with Gasteiger partial charge in [0.05, 0.1) is 13.7 Å². The molecule has 27 heavy (non-hydrogen) atoms. The van der Waals surface area contributed by atoms with Crippen molar-refractivity contribution < 1.29 is 23.8 Å². The van der Waals surface area contributed by atoms with E-state index in [1.54, 1.807) is 31.4 Å². The van der Waals surface area contributed by atoms with Crippen molar-refractivity contribution in [1.82, 2.24) is 10.9 Å². The number of para-hydroxylation sites is 1. The van der Waals surface area contributed by atoms with E-state index in [2.05, 4.69) is 10.9 Å². The molecule has 0 unspecified atom stereocenters. The number of carbonyl (C=O) groups excluding carboxylic acids is 2. The SMILES string of the molecule is CCOCc1cc(C(=O)NNC(=O)COc2ccccc2C)ccc1OC. The number of ether oxygens (including phenoxy) is 3. The predicted molar refractivity (Wildman–Crippen MR) is 101 cm³/mol.